The van der Waals surface area contributed by atoms with Crippen LogP contribution >= 0.6 is 0 Å². The van der Waals surface area contributed by atoms with Gasteiger partial charge in [-0.2, -0.15) is 0 Å². The lowest BCUT2D eigenvalue weighted by molar-refractivity contribution is 0.465. The maximum absolute atomic E-state index is 5.70. The third kappa shape index (κ3) is 2.97. The number of aryl methyl sites for hydroxylation is 2. The maximum atomic E-state index is 5.70. The summed E-state index contributed by atoms with van der Waals surface area (Å²) in [6.45, 7) is 4.50. The van der Waals surface area contributed by atoms with Crippen molar-refractivity contribution in [1.29, 1.82) is 0 Å². The molecular formula is C12H17N5O. The van der Waals surface area contributed by atoms with Gasteiger partial charge >= 0.3 is 0 Å². The predicted molar refractivity (Wildman–Crippen MR) is 69.0 cm³/mol. The number of anilines is 2. The topological polar surface area (TPSA) is 89.9 Å². The van der Waals surface area contributed by atoms with Gasteiger partial charge in [-0.05, 0) is 0 Å². The fraction of sp³-hybridized carbons (Fsp3) is 0.417. The van der Waals surface area contributed by atoms with E-state index in [0.29, 0.717) is 24.1 Å². The molecular weight excluding hydrogens is 230 g/mol. The number of nitrogen functional groups attached to an aromatic ring is 1. The Balaban J connectivity index is 2.03. The van der Waals surface area contributed by atoms with Crippen LogP contribution in [0.3, 0.4) is 0 Å². The lowest BCUT2D eigenvalue weighted by Crippen LogP contribution is -2.06. The smallest absolute Gasteiger partial charge is 0.213 e. The Bertz CT molecular complexity index is 523. The average molecular weight is 247 g/mol. The molecule has 0 radical (unpaired) electrons. The van der Waals surface area contributed by atoms with Crippen LogP contribution in [0.15, 0.2) is 16.7 Å². The molecule has 0 atom stereocenters. The monoisotopic (exact) mass is 247 g/mol. The Kier molecular flexibility index (Phi) is 3.76. The molecule has 0 unspecified atom stereocenters. The largest absolute Gasteiger partial charge is 0.444 e. The Morgan fingerprint density at radius 1 is 1.28 bits per heavy atom. The normalized spacial score (nSPS) is 10.6. The first-order valence-electron chi connectivity index (χ1n) is 6.02. The van der Waals surface area contributed by atoms with Crippen LogP contribution in [-0.4, -0.2) is 15.0 Å². The number of hydrogen-bond donors (Lipinski definition) is 2. The van der Waals surface area contributed by atoms with Crippen LogP contribution in [0.25, 0.3) is 0 Å². The predicted octanol–water partition coefficient (Wildman–Crippen LogP) is 1.78. The molecule has 0 amide bonds. The summed E-state index contributed by atoms with van der Waals surface area (Å²) in [5.41, 5.74) is 5.70. The van der Waals surface area contributed by atoms with E-state index in [0.717, 1.165) is 24.4 Å². The molecule has 0 aliphatic heterocycles. The van der Waals surface area contributed by atoms with Crippen LogP contribution in [0.1, 0.15) is 31.3 Å². The molecule has 0 aliphatic carbocycles. The van der Waals surface area contributed by atoms with Gasteiger partial charge in [0, 0.05) is 18.9 Å². The summed E-state index contributed by atoms with van der Waals surface area (Å²) in [4.78, 5) is 12.6. The van der Waals surface area contributed by atoms with E-state index in [9.17, 15) is 0 Å². The van der Waals surface area contributed by atoms with E-state index < -0.39 is 0 Å². The van der Waals surface area contributed by atoms with Gasteiger partial charge in [-0.25, -0.2) is 15.0 Å². The lowest BCUT2D eigenvalue weighted by atomic mass is 10.4. The van der Waals surface area contributed by atoms with Gasteiger partial charge in [0.25, 0.3) is 0 Å². The first kappa shape index (κ1) is 12.3. The van der Waals surface area contributed by atoms with Gasteiger partial charge in [0.1, 0.15) is 23.2 Å². The van der Waals surface area contributed by atoms with Crippen molar-refractivity contribution in [3.63, 3.8) is 0 Å². The first-order chi connectivity index (χ1) is 8.71. The zero-order valence-corrected chi connectivity index (χ0v) is 10.6. The number of nitrogens with one attached hydrogen (secondary N) is 1. The van der Waals surface area contributed by atoms with Crippen molar-refractivity contribution in [3.05, 3.63) is 29.7 Å². The Morgan fingerprint density at radius 2 is 2.11 bits per heavy atom. The highest BCUT2D eigenvalue weighted by Gasteiger charge is 2.04. The minimum absolute atomic E-state index is 0.464. The van der Waals surface area contributed by atoms with Gasteiger partial charge in [-0.15, -0.1) is 0 Å². The van der Waals surface area contributed by atoms with Gasteiger partial charge in [-0.1, -0.05) is 13.8 Å². The van der Waals surface area contributed by atoms with Gasteiger partial charge in [0.15, 0.2) is 0 Å². The number of nitrogens with zero attached hydrogens (tertiary/aromatic N) is 3. The van der Waals surface area contributed by atoms with Crippen molar-refractivity contribution < 1.29 is 4.42 Å². The summed E-state index contributed by atoms with van der Waals surface area (Å²) >= 11 is 0. The summed E-state index contributed by atoms with van der Waals surface area (Å²) in [5.74, 6) is 3.39. The molecule has 0 saturated heterocycles. The highest BCUT2D eigenvalue weighted by molar-refractivity contribution is 5.44. The van der Waals surface area contributed by atoms with Crippen LogP contribution in [0.4, 0.5) is 11.6 Å². The van der Waals surface area contributed by atoms with Crippen LogP contribution < -0.4 is 11.1 Å². The van der Waals surface area contributed by atoms with E-state index in [4.69, 9.17) is 10.2 Å². The van der Waals surface area contributed by atoms with Crippen LogP contribution in [0.2, 0.25) is 0 Å². The van der Waals surface area contributed by atoms with Crippen LogP contribution in [-0.2, 0) is 19.4 Å². The fourth-order valence-electron chi connectivity index (χ4n) is 1.53. The first-order valence-corrected chi connectivity index (χ1v) is 6.02. The van der Waals surface area contributed by atoms with Crippen molar-refractivity contribution in [2.75, 3.05) is 11.1 Å². The number of aromatic nitrogens is 3. The summed E-state index contributed by atoms with van der Waals surface area (Å²) in [6, 6.07) is 1.70. The number of rotatable bonds is 5. The molecule has 0 spiro atoms. The van der Waals surface area contributed by atoms with Crippen molar-refractivity contribution in [3.8, 4) is 0 Å². The molecule has 2 heterocycles. The summed E-state index contributed by atoms with van der Waals surface area (Å²) < 4.78 is 5.49. The molecule has 0 saturated carbocycles. The molecule has 6 heteroatoms. The van der Waals surface area contributed by atoms with Crippen molar-refractivity contribution >= 4 is 11.6 Å². The Labute approximate surface area is 106 Å². The molecule has 2 aromatic heterocycles. The van der Waals surface area contributed by atoms with Crippen molar-refractivity contribution in [2.24, 2.45) is 0 Å². The van der Waals surface area contributed by atoms with Crippen LogP contribution in [0.5, 0.6) is 0 Å². The van der Waals surface area contributed by atoms with E-state index in [1.54, 1.807) is 12.3 Å². The minimum Gasteiger partial charge on any atom is -0.444 e. The van der Waals surface area contributed by atoms with Gasteiger partial charge in [0.05, 0.1) is 12.7 Å². The second-order valence-electron chi connectivity index (χ2n) is 3.88. The SMILES string of the molecule is CCc1nc(N)cc(NCc2ncc(CC)o2)n1. The summed E-state index contributed by atoms with van der Waals surface area (Å²) in [7, 11) is 0. The van der Waals surface area contributed by atoms with E-state index in [-0.39, 0.29) is 0 Å². The molecule has 18 heavy (non-hydrogen) atoms. The number of nitrogens with two attached hydrogens (primary N) is 1. The zero-order chi connectivity index (χ0) is 13.0. The molecule has 3 N–H and O–H groups in total. The lowest BCUT2D eigenvalue weighted by Gasteiger charge is -2.05. The zero-order valence-electron chi connectivity index (χ0n) is 10.6. The molecule has 0 bridgehead atoms. The van der Waals surface area contributed by atoms with Gasteiger partial charge in [-0.3, -0.25) is 0 Å². The number of hydrogen-bond acceptors (Lipinski definition) is 6. The Morgan fingerprint density at radius 3 is 2.78 bits per heavy atom. The fourth-order valence-corrected chi connectivity index (χ4v) is 1.53. The molecule has 2 aromatic rings. The molecule has 2 rings (SSSR count). The average Bonchev–Trinajstić information content (AvgIpc) is 2.83. The highest BCUT2D eigenvalue weighted by Crippen LogP contribution is 2.11. The van der Waals surface area contributed by atoms with Crippen molar-refractivity contribution in [1.82, 2.24) is 15.0 Å². The quantitative estimate of drug-likeness (QED) is 0.837. The third-order valence-electron chi connectivity index (χ3n) is 2.48. The van der Waals surface area contributed by atoms with E-state index >= 15 is 0 Å². The van der Waals surface area contributed by atoms with Crippen molar-refractivity contribution in [2.45, 2.75) is 33.2 Å². The van der Waals surface area contributed by atoms with E-state index in [2.05, 4.69) is 20.3 Å². The highest BCUT2D eigenvalue weighted by atomic mass is 16.4. The summed E-state index contributed by atoms with van der Waals surface area (Å²) in [5, 5.41) is 3.13. The molecule has 6 nitrogen and oxygen atoms in total. The van der Waals surface area contributed by atoms with Gasteiger partial charge in [0.2, 0.25) is 5.89 Å². The van der Waals surface area contributed by atoms with Crippen LogP contribution in [0, 0.1) is 0 Å². The standard InChI is InChI=1S/C12H17N5O/c1-3-8-6-15-12(18-8)7-14-11-5-9(13)16-10(4-2)17-11/h5-6H,3-4,7H2,1-2H3,(H3,13,14,16,17). The van der Waals surface area contributed by atoms with E-state index in [1.807, 2.05) is 13.8 Å². The molecule has 0 fully saturated rings. The second-order valence-corrected chi connectivity index (χ2v) is 3.88. The second kappa shape index (κ2) is 5.48. The maximum Gasteiger partial charge on any atom is 0.213 e. The van der Waals surface area contributed by atoms with E-state index in [1.165, 1.54) is 0 Å². The minimum atomic E-state index is 0.464. The van der Waals surface area contributed by atoms with Gasteiger partial charge < -0.3 is 15.5 Å². The summed E-state index contributed by atoms with van der Waals surface area (Å²) in [6.07, 6.45) is 3.33. The third-order valence-corrected chi connectivity index (χ3v) is 2.48. The Hall–Kier alpha value is -2.11. The number of oxazole rings is 1. The molecule has 96 valence electrons. The molecule has 0 aromatic carbocycles. The molecule has 0 aliphatic rings.